The summed E-state index contributed by atoms with van der Waals surface area (Å²) in [6.07, 6.45) is 75.3. The topological polar surface area (TPSA) is 111 Å². The minimum absolute atomic E-state index is 0.139. The van der Waals surface area contributed by atoms with Gasteiger partial charge in [0.15, 0.2) is 12.4 Å². The van der Waals surface area contributed by atoms with Gasteiger partial charge in [-0.25, -0.2) is 0 Å². The lowest BCUT2D eigenvalue weighted by Gasteiger charge is -2.26. The normalized spacial score (nSPS) is 13.7. The third-order valence-electron chi connectivity index (χ3n) is 12.2. The van der Waals surface area contributed by atoms with Crippen molar-refractivity contribution in [3.05, 3.63) is 122 Å². The molecule has 426 valence electrons. The molecule has 0 aromatic heterocycles. The number of allylic oxidation sites excluding steroid dienone is 20. The minimum atomic E-state index is -1.63. The predicted molar refractivity (Wildman–Crippen MR) is 315 cm³/mol. The van der Waals surface area contributed by atoms with Crippen molar-refractivity contribution in [1.82, 2.24) is 0 Å². The molecule has 0 fully saturated rings. The molecule has 2 unspecified atom stereocenters. The van der Waals surface area contributed by atoms with Crippen molar-refractivity contribution in [3.63, 3.8) is 0 Å². The largest absolute Gasteiger partial charge is 0.545 e. The van der Waals surface area contributed by atoms with Gasteiger partial charge in [0.1, 0.15) is 13.2 Å². The molecule has 75 heavy (non-hydrogen) atoms. The molecule has 0 saturated heterocycles. The Kier molecular flexibility index (Phi) is 52.7. The molecule has 2 atom stereocenters. The van der Waals surface area contributed by atoms with E-state index < -0.39 is 24.3 Å². The number of hydrogen-bond acceptors (Lipinski definition) is 8. The van der Waals surface area contributed by atoms with Crippen LogP contribution in [-0.4, -0.2) is 82.3 Å². The molecule has 0 bridgehead atoms. The Morgan fingerprint density at radius 1 is 0.400 bits per heavy atom. The number of carboxylic acid groups (broad SMARTS) is 1. The van der Waals surface area contributed by atoms with Crippen molar-refractivity contribution < 1.29 is 42.9 Å². The molecule has 0 aliphatic carbocycles. The number of likely N-dealkylation sites (N-methyl/N-ethyl adjacent to an activating group) is 1. The molecule has 0 amide bonds. The first kappa shape index (κ1) is 70.7. The number of hydrogen-bond donors (Lipinski definition) is 0. The number of carboxylic acids is 1. The van der Waals surface area contributed by atoms with Gasteiger partial charge in [0.05, 0.1) is 40.3 Å². The van der Waals surface area contributed by atoms with Crippen molar-refractivity contribution >= 4 is 17.9 Å². The van der Waals surface area contributed by atoms with Crippen LogP contribution in [0.2, 0.25) is 0 Å². The van der Waals surface area contributed by atoms with E-state index in [1.807, 2.05) is 21.1 Å². The number of nitrogens with zero attached hydrogens (tertiary/aromatic N) is 1. The highest BCUT2D eigenvalue weighted by Gasteiger charge is 2.22. The minimum Gasteiger partial charge on any atom is -0.545 e. The molecule has 0 spiro atoms. The van der Waals surface area contributed by atoms with Gasteiger partial charge in [0.25, 0.3) is 0 Å². The lowest BCUT2D eigenvalue weighted by molar-refractivity contribution is -0.870. The lowest BCUT2D eigenvalue weighted by atomic mass is 10.0. The summed E-state index contributed by atoms with van der Waals surface area (Å²) < 4.78 is 22.7. The predicted octanol–water partition coefficient (Wildman–Crippen LogP) is 16.3. The summed E-state index contributed by atoms with van der Waals surface area (Å²) in [5.41, 5.74) is 0. The number of ether oxygens (including phenoxy) is 4. The number of quaternary nitrogens is 1. The van der Waals surface area contributed by atoms with E-state index in [2.05, 4.69) is 135 Å². The maximum absolute atomic E-state index is 12.9. The smallest absolute Gasteiger partial charge is 0.306 e. The van der Waals surface area contributed by atoms with E-state index in [4.69, 9.17) is 18.9 Å². The summed E-state index contributed by atoms with van der Waals surface area (Å²) in [4.78, 5) is 37.3. The summed E-state index contributed by atoms with van der Waals surface area (Å²) in [6, 6.07) is 0. The molecule has 0 N–H and O–H groups in total. The van der Waals surface area contributed by atoms with Gasteiger partial charge < -0.3 is 33.3 Å². The molecule has 0 aromatic carbocycles. The third-order valence-corrected chi connectivity index (χ3v) is 12.2. The second kappa shape index (κ2) is 55.9. The van der Waals surface area contributed by atoms with Gasteiger partial charge in [-0.2, -0.15) is 0 Å². The number of aliphatic carboxylic acids is 1. The van der Waals surface area contributed by atoms with Crippen LogP contribution >= 0.6 is 0 Å². The van der Waals surface area contributed by atoms with Gasteiger partial charge in [-0.1, -0.05) is 225 Å². The molecule has 0 aliphatic rings. The average Bonchev–Trinajstić information content (AvgIpc) is 3.38. The van der Waals surface area contributed by atoms with Crippen LogP contribution in [0.3, 0.4) is 0 Å². The van der Waals surface area contributed by atoms with Gasteiger partial charge in [0, 0.05) is 12.8 Å². The zero-order chi connectivity index (χ0) is 54.8. The average molecular weight is 1040 g/mol. The van der Waals surface area contributed by atoms with Crippen LogP contribution < -0.4 is 5.11 Å². The van der Waals surface area contributed by atoms with E-state index in [0.29, 0.717) is 17.4 Å². The molecule has 0 saturated carbocycles. The molecule has 0 aromatic rings. The van der Waals surface area contributed by atoms with Crippen LogP contribution in [0.5, 0.6) is 0 Å². The first-order valence-electron chi connectivity index (χ1n) is 29.7. The van der Waals surface area contributed by atoms with Crippen LogP contribution in [0.4, 0.5) is 0 Å². The van der Waals surface area contributed by atoms with E-state index in [1.165, 1.54) is 64.2 Å². The molecular formula is C66H109NO8. The van der Waals surface area contributed by atoms with Gasteiger partial charge in [-0.05, 0) is 103 Å². The number of carbonyl (C=O) groups excluding carboxylic acids is 3. The fourth-order valence-electron chi connectivity index (χ4n) is 7.71. The first-order chi connectivity index (χ1) is 36.6. The molecule has 0 heterocycles. The zero-order valence-corrected chi connectivity index (χ0v) is 48.4. The third kappa shape index (κ3) is 57.2. The SMILES string of the molecule is CC/C=C\C/C=C\C/C=C\C/C=C\C/C=C\C/C=C\C/C=C\CCCCCCCCCCCCCC(=O)OC(COC(=O)CCCCCCCCC/C=C\C/C=C\C/C=C\CC)COC(OCC[N+](C)(C)C)C(=O)[O-]. The lowest BCUT2D eigenvalue weighted by Crippen LogP contribution is -2.44. The maximum atomic E-state index is 12.9. The van der Waals surface area contributed by atoms with Crippen LogP contribution in [0.15, 0.2) is 122 Å². The summed E-state index contributed by atoms with van der Waals surface area (Å²) in [5.74, 6) is -2.31. The Bertz CT molecular complexity index is 1640. The van der Waals surface area contributed by atoms with Crippen LogP contribution in [0.1, 0.15) is 219 Å². The first-order valence-corrected chi connectivity index (χ1v) is 29.7. The van der Waals surface area contributed by atoms with E-state index in [1.54, 1.807) is 0 Å². The molecule has 0 aliphatic heterocycles. The maximum Gasteiger partial charge on any atom is 0.306 e. The number of rotatable bonds is 53. The Balaban J connectivity index is 4.22. The Hall–Kier alpha value is -4.31. The molecule has 0 rings (SSSR count). The van der Waals surface area contributed by atoms with Crippen molar-refractivity contribution in [2.45, 2.75) is 232 Å². The zero-order valence-electron chi connectivity index (χ0n) is 48.4. The number of unbranched alkanes of at least 4 members (excludes halogenated alkanes) is 18. The van der Waals surface area contributed by atoms with E-state index in [9.17, 15) is 19.5 Å². The fourth-order valence-corrected chi connectivity index (χ4v) is 7.71. The van der Waals surface area contributed by atoms with Gasteiger partial charge in [-0.3, -0.25) is 9.59 Å². The number of esters is 2. The summed E-state index contributed by atoms with van der Waals surface area (Å²) >= 11 is 0. The molecule has 0 radical (unpaired) electrons. The van der Waals surface area contributed by atoms with Crippen molar-refractivity contribution in [1.29, 1.82) is 0 Å². The van der Waals surface area contributed by atoms with Crippen molar-refractivity contribution in [2.75, 3.05) is 47.5 Å². The highest BCUT2D eigenvalue weighted by Crippen LogP contribution is 2.15. The summed E-state index contributed by atoms with van der Waals surface area (Å²) in [7, 11) is 5.91. The molecular weight excluding hydrogens is 935 g/mol. The Labute approximate surface area is 459 Å². The summed E-state index contributed by atoms with van der Waals surface area (Å²) in [6.45, 7) is 4.49. The van der Waals surface area contributed by atoms with E-state index in [0.717, 1.165) is 122 Å². The number of carbonyl (C=O) groups is 3. The Morgan fingerprint density at radius 2 is 0.720 bits per heavy atom. The van der Waals surface area contributed by atoms with Gasteiger partial charge >= 0.3 is 11.9 Å². The standard InChI is InChI=1S/C66H109NO8/c1-6-8-10-12-14-16-18-20-22-24-25-26-27-28-29-30-31-32-33-34-35-36-37-38-39-41-43-45-47-49-51-53-55-57-64(69)75-62(61-74-66(65(70)71)72-59-58-67(3,4)5)60-73-63(68)56-54-52-50-48-46-44-42-40-23-21-19-17-15-13-11-9-7-2/h8-11,14-17,20-23,25-26,28-29,31-32,34-35,62,66H,6-7,12-13,18-19,24,27,30,33,36-61H2,1-5H3/b10-8-,11-9-,16-14-,17-15-,22-20-,23-21-,26-25-,29-28-,32-31-,35-34-. The van der Waals surface area contributed by atoms with Crippen LogP contribution in [0.25, 0.3) is 0 Å². The second-order valence-electron chi connectivity index (χ2n) is 20.5. The summed E-state index contributed by atoms with van der Waals surface area (Å²) in [5, 5.41) is 11.8. The van der Waals surface area contributed by atoms with Gasteiger partial charge in [0.2, 0.25) is 0 Å². The second-order valence-corrected chi connectivity index (χ2v) is 20.5. The molecule has 9 nitrogen and oxygen atoms in total. The molecule has 9 heteroatoms. The quantitative estimate of drug-likeness (QED) is 0.0195. The highest BCUT2D eigenvalue weighted by atomic mass is 16.7. The van der Waals surface area contributed by atoms with Crippen molar-refractivity contribution in [2.24, 2.45) is 0 Å². The fraction of sp³-hybridized carbons (Fsp3) is 0.652. The van der Waals surface area contributed by atoms with Crippen molar-refractivity contribution in [3.8, 4) is 0 Å². The van der Waals surface area contributed by atoms with Gasteiger partial charge in [-0.15, -0.1) is 0 Å². The van der Waals surface area contributed by atoms with Crippen LogP contribution in [-0.2, 0) is 33.3 Å². The highest BCUT2D eigenvalue weighted by molar-refractivity contribution is 5.70. The van der Waals surface area contributed by atoms with E-state index in [-0.39, 0.29) is 38.6 Å². The Morgan fingerprint density at radius 3 is 1.07 bits per heavy atom. The van der Waals surface area contributed by atoms with E-state index >= 15 is 0 Å². The monoisotopic (exact) mass is 1040 g/mol. The van der Waals surface area contributed by atoms with Crippen LogP contribution in [0, 0.1) is 0 Å².